The highest BCUT2D eigenvalue weighted by molar-refractivity contribution is 5.77. The predicted octanol–water partition coefficient (Wildman–Crippen LogP) is 1.08. The molecule has 1 N–H and O–H groups in total. The summed E-state index contributed by atoms with van der Waals surface area (Å²) in [6.45, 7) is 1.60. The van der Waals surface area contributed by atoms with Crippen molar-refractivity contribution >= 4 is 5.91 Å². The largest absolute Gasteiger partial charge is 0.497 e. The van der Waals surface area contributed by atoms with E-state index in [0.29, 0.717) is 19.5 Å². The molecule has 2 rings (SSSR count). The minimum absolute atomic E-state index is 0.176. The first-order chi connectivity index (χ1) is 8.72. The SMILES string of the molecule is COc1ccc(CCC(=O)N2CC(CO)C2)cc1. The van der Waals surface area contributed by atoms with Gasteiger partial charge in [0.15, 0.2) is 0 Å². The number of methoxy groups -OCH3 is 1. The molecule has 98 valence electrons. The number of ether oxygens (including phenoxy) is 1. The average Bonchev–Trinajstić information content (AvgIpc) is 2.36. The Kier molecular flexibility index (Phi) is 4.20. The molecule has 0 aliphatic carbocycles. The molecule has 1 aromatic rings. The number of hydrogen-bond donors (Lipinski definition) is 1. The smallest absolute Gasteiger partial charge is 0.222 e. The Balaban J connectivity index is 1.75. The van der Waals surface area contributed by atoms with Crippen LogP contribution < -0.4 is 4.74 Å². The third-order valence-electron chi connectivity index (χ3n) is 3.35. The highest BCUT2D eigenvalue weighted by Crippen LogP contribution is 2.17. The van der Waals surface area contributed by atoms with Crippen LogP contribution in [-0.4, -0.2) is 42.7 Å². The van der Waals surface area contributed by atoms with Crippen LogP contribution in [-0.2, 0) is 11.2 Å². The summed E-state index contributed by atoms with van der Waals surface area (Å²) >= 11 is 0. The molecule has 0 atom stereocenters. The molecule has 18 heavy (non-hydrogen) atoms. The fourth-order valence-corrected chi connectivity index (χ4v) is 2.09. The number of hydrogen-bond acceptors (Lipinski definition) is 3. The van der Waals surface area contributed by atoms with E-state index in [1.807, 2.05) is 29.2 Å². The van der Waals surface area contributed by atoms with Crippen LogP contribution in [0.4, 0.5) is 0 Å². The Morgan fingerprint density at radius 2 is 2.06 bits per heavy atom. The van der Waals surface area contributed by atoms with Gasteiger partial charge >= 0.3 is 0 Å². The molecule has 1 saturated heterocycles. The molecule has 4 nitrogen and oxygen atoms in total. The Hall–Kier alpha value is -1.55. The van der Waals surface area contributed by atoms with E-state index in [1.54, 1.807) is 7.11 Å². The van der Waals surface area contributed by atoms with Crippen LogP contribution in [0.15, 0.2) is 24.3 Å². The monoisotopic (exact) mass is 249 g/mol. The summed E-state index contributed by atoms with van der Waals surface area (Å²) in [7, 11) is 1.64. The minimum atomic E-state index is 0.176. The van der Waals surface area contributed by atoms with Crippen LogP contribution in [0.25, 0.3) is 0 Å². The first-order valence-corrected chi connectivity index (χ1v) is 6.24. The van der Waals surface area contributed by atoms with Gasteiger partial charge in [-0.15, -0.1) is 0 Å². The predicted molar refractivity (Wildman–Crippen MR) is 68.5 cm³/mol. The maximum atomic E-state index is 11.8. The lowest BCUT2D eigenvalue weighted by atomic mass is 10.00. The van der Waals surface area contributed by atoms with Gasteiger partial charge in [0.25, 0.3) is 0 Å². The fourth-order valence-electron chi connectivity index (χ4n) is 2.09. The average molecular weight is 249 g/mol. The number of carbonyl (C=O) groups is 1. The van der Waals surface area contributed by atoms with Gasteiger partial charge in [-0.05, 0) is 24.1 Å². The van der Waals surface area contributed by atoms with Gasteiger partial charge in [0, 0.05) is 32.0 Å². The number of rotatable bonds is 5. The molecule has 0 unspecified atom stereocenters. The summed E-state index contributed by atoms with van der Waals surface area (Å²) in [6.07, 6.45) is 1.29. The van der Waals surface area contributed by atoms with E-state index in [0.717, 1.165) is 17.7 Å². The molecule has 1 heterocycles. The highest BCUT2D eigenvalue weighted by Gasteiger charge is 2.29. The Bertz CT molecular complexity index is 396. The van der Waals surface area contributed by atoms with Crippen molar-refractivity contribution in [2.24, 2.45) is 5.92 Å². The lowest BCUT2D eigenvalue weighted by Gasteiger charge is -2.38. The van der Waals surface area contributed by atoms with Crippen LogP contribution in [0.5, 0.6) is 5.75 Å². The summed E-state index contributed by atoms with van der Waals surface area (Å²) in [5.74, 6) is 1.30. The number of aliphatic hydroxyl groups is 1. The Morgan fingerprint density at radius 1 is 1.39 bits per heavy atom. The third kappa shape index (κ3) is 3.01. The normalized spacial score (nSPS) is 15.3. The molecular weight excluding hydrogens is 230 g/mol. The van der Waals surface area contributed by atoms with Crippen molar-refractivity contribution in [3.63, 3.8) is 0 Å². The molecule has 0 spiro atoms. The number of likely N-dealkylation sites (tertiary alicyclic amines) is 1. The van der Waals surface area contributed by atoms with E-state index in [4.69, 9.17) is 9.84 Å². The zero-order valence-corrected chi connectivity index (χ0v) is 10.6. The first-order valence-electron chi connectivity index (χ1n) is 6.24. The van der Waals surface area contributed by atoms with Crippen LogP contribution in [0.2, 0.25) is 0 Å². The van der Waals surface area contributed by atoms with E-state index in [-0.39, 0.29) is 18.4 Å². The number of nitrogens with zero attached hydrogens (tertiary/aromatic N) is 1. The molecule has 0 bridgehead atoms. The Labute approximate surface area is 107 Å². The topological polar surface area (TPSA) is 49.8 Å². The highest BCUT2D eigenvalue weighted by atomic mass is 16.5. The van der Waals surface area contributed by atoms with Crippen LogP contribution in [0.1, 0.15) is 12.0 Å². The molecule has 1 aromatic carbocycles. The third-order valence-corrected chi connectivity index (χ3v) is 3.35. The molecule has 0 radical (unpaired) electrons. The van der Waals surface area contributed by atoms with Crippen molar-refractivity contribution in [3.05, 3.63) is 29.8 Å². The van der Waals surface area contributed by atoms with Crippen molar-refractivity contribution in [2.75, 3.05) is 26.8 Å². The maximum Gasteiger partial charge on any atom is 0.222 e. The summed E-state index contributed by atoms with van der Waals surface area (Å²) < 4.78 is 5.08. The van der Waals surface area contributed by atoms with Crippen molar-refractivity contribution in [3.8, 4) is 5.75 Å². The zero-order valence-electron chi connectivity index (χ0n) is 10.6. The van der Waals surface area contributed by atoms with Gasteiger partial charge < -0.3 is 14.7 Å². The van der Waals surface area contributed by atoms with Crippen LogP contribution in [0, 0.1) is 5.92 Å². The standard InChI is InChI=1S/C14H19NO3/c1-18-13-5-2-11(3-6-13)4-7-14(17)15-8-12(9-15)10-16/h2-3,5-6,12,16H,4,7-10H2,1H3. The Morgan fingerprint density at radius 3 is 2.61 bits per heavy atom. The molecule has 1 aliphatic heterocycles. The second-order valence-corrected chi connectivity index (χ2v) is 4.70. The van der Waals surface area contributed by atoms with Gasteiger partial charge in [-0.2, -0.15) is 0 Å². The van der Waals surface area contributed by atoms with E-state index in [2.05, 4.69) is 0 Å². The maximum absolute atomic E-state index is 11.8. The van der Waals surface area contributed by atoms with Gasteiger partial charge in [-0.1, -0.05) is 12.1 Å². The van der Waals surface area contributed by atoms with E-state index in [1.165, 1.54) is 0 Å². The fraction of sp³-hybridized carbons (Fsp3) is 0.500. The van der Waals surface area contributed by atoms with Crippen molar-refractivity contribution in [2.45, 2.75) is 12.8 Å². The summed E-state index contributed by atoms with van der Waals surface area (Å²) in [6, 6.07) is 7.79. The van der Waals surface area contributed by atoms with E-state index >= 15 is 0 Å². The van der Waals surface area contributed by atoms with Crippen molar-refractivity contribution in [1.82, 2.24) is 4.90 Å². The van der Waals surface area contributed by atoms with E-state index in [9.17, 15) is 4.79 Å². The summed E-state index contributed by atoms with van der Waals surface area (Å²) in [5, 5.41) is 8.89. The lowest BCUT2D eigenvalue weighted by molar-refractivity contribution is -0.138. The summed E-state index contributed by atoms with van der Waals surface area (Å²) in [5.41, 5.74) is 1.14. The van der Waals surface area contributed by atoms with Crippen LogP contribution in [0.3, 0.4) is 0 Å². The number of amides is 1. The molecule has 1 amide bonds. The van der Waals surface area contributed by atoms with Crippen molar-refractivity contribution < 1.29 is 14.6 Å². The van der Waals surface area contributed by atoms with Gasteiger partial charge in [0.1, 0.15) is 5.75 Å². The number of aryl methyl sites for hydroxylation is 1. The number of carbonyl (C=O) groups excluding carboxylic acids is 1. The molecule has 0 saturated carbocycles. The van der Waals surface area contributed by atoms with E-state index < -0.39 is 0 Å². The lowest BCUT2D eigenvalue weighted by Crippen LogP contribution is -2.51. The quantitative estimate of drug-likeness (QED) is 0.849. The zero-order chi connectivity index (χ0) is 13.0. The van der Waals surface area contributed by atoms with Gasteiger partial charge in [-0.25, -0.2) is 0 Å². The van der Waals surface area contributed by atoms with Gasteiger partial charge in [-0.3, -0.25) is 4.79 Å². The first kappa shape index (κ1) is 12.9. The minimum Gasteiger partial charge on any atom is -0.497 e. The molecule has 1 aliphatic rings. The number of benzene rings is 1. The molecule has 4 heteroatoms. The van der Waals surface area contributed by atoms with Crippen LogP contribution >= 0.6 is 0 Å². The van der Waals surface area contributed by atoms with Gasteiger partial charge in [0.2, 0.25) is 5.91 Å². The molecular formula is C14H19NO3. The molecule has 0 aromatic heterocycles. The second-order valence-electron chi connectivity index (χ2n) is 4.70. The van der Waals surface area contributed by atoms with Crippen molar-refractivity contribution in [1.29, 1.82) is 0 Å². The summed E-state index contributed by atoms with van der Waals surface area (Å²) in [4.78, 5) is 13.6. The van der Waals surface area contributed by atoms with Gasteiger partial charge in [0.05, 0.1) is 7.11 Å². The number of aliphatic hydroxyl groups excluding tert-OH is 1. The second kappa shape index (κ2) is 5.87. The molecule has 1 fully saturated rings.